The van der Waals surface area contributed by atoms with E-state index < -0.39 is 11.7 Å². The van der Waals surface area contributed by atoms with Crippen molar-refractivity contribution < 1.29 is 23.9 Å². The number of nitrogens with one attached hydrogen (secondary N) is 2. The fraction of sp³-hybridized carbons (Fsp3) is 0.591. The SMILES string of the molecule is COc1ccccc1C(=O)N1CCC(CNC(=O)CCNC(=O)OC(C)(C)C)CC1. The molecule has 1 saturated heterocycles. The monoisotopic (exact) mass is 419 g/mol. The largest absolute Gasteiger partial charge is 0.496 e. The van der Waals surface area contributed by atoms with Crippen LogP contribution < -0.4 is 15.4 Å². The van der Waals surface area contributed by atoms with Gasteiger partial charge in [-0.3, -0.25) is 9.59 Å². The van der Waals surface area contributed by atoms with E-state index in [1.165, 1.54) is 0 Å². The lowest BCUT2D eigenvalue weighted by molar-refractivity contribution is -0.121. The van der Waals surface area contributed by atoms with Crippen molar-refractivity contribution in [2.75, 3.05) is 33.3 Å². The summed E-state index contributed by atoms with van der Waals surface area (Å²) in [5, 5.41) is 5.49. The van der Waals surface area contributed by atoms with Crippen molar-refractivity contribution in [1.82, 2.24) is 15.5 Å². The van der Waals surface area contributed by atoms with E-state index in [0.29, 0.717) is 36.9 Å². The topological polar surface area (TPSA) is 97.0 Å². The number of hydrogen-bond donors (Lipinski definition) is 2. The lowest BCUT2D eigenvalue weighted by Crippen LogP contribution is -2.42. The second kappa shape index (κ2) is 10.8. The number of carbonyl (C=O) groups excluding carboxylic acids is 3. The van der Waals surface area contributed by atoms with Crippen molar-refractivity contribution >= 4 is 17.9 Å². The van der Waals surface area contributed by atoms with Gasteiger partial charge in [0.1, 0.15) is 11.4 Å². The van der Waals surface area contributed by atoms with Gasteiger partial charge in [0, 0.05) is 32.6 Å². The second-order valence-electron chi connectivity index (χ2n) is 8.42. The van der Waals surface area contributed by atoms with Crippen molar-refractivity contribution in [2.45, 2.75) is 45.6 Å². The Labute approximate surface area is 178 Å². The number of rotatable bonds is 7. The first-order valence-electron chi connectivity index (χ1n) is 10.4. The quantitative estimate of drug-likeness (QED) is 0.708. The van der Waals surface area contributed by atoms with E-state index in [2.05, 4.69) is 10.6 Å². The minimum absolute atomic E-state index is 0.0249. The highest BCUT2D eigenvalue weighted by Crippen LogP contribution is 2.23. The first-order valence-corrected chi connectivity index (χ1v) is 10.4. The Hall–Kier alpha value is -2.77. The van der Waals surface area contributed by atoms with Gasteiger partial charge in [0.15, 0.2) is 0 Å². The minimum atomic E-state index is -0.561. The molecule has 8 heteroatoms. The molecule has 0 radical (unpaired) electrons. The van der Waals surface area contributed by atoms with Gasteiger partial charge >= 0.3 is 6.09 Å². The smallest absolute Gasteiger partial charge is 0.407 e. The van der Waals surface area contributed by atoms with Gasteiger partial charge in [0.05, 0.1) is 12.7 Å². The molecule has 0 spiro atoms. The zero-order valence-electron chi connectivity index (χ0n) is 18.3. The first kappa shape index (κ1) is 23.5. The second-order valence-corrected chi connectivity index (χ2v) is 8.42. The molecule has 166 valence electrons. The molecule has 0 atom stereocenters. The summed E-state index contributed by atoms with van der Waals surface area (Å²) in [4.78, 5) is 38.1. The van der Waals surface area contributed by atoms with Gasteiger partial charge in [-0.05, 0) is 51.7 Å². The highest BCUT2D eigenvalue weighted by atomic mass is 16.6. The van der Waals surface area contributed by atoms with Gasteiger partial charge in [0.25, 0.3) is 5.91 Å². The average Bonchev–Trinajstić information content (AvgIpc) is 2.70. The minimum Gasteiger partial charge on any atom is -0.496 e. The predicted molar refractivity (Wildman–Crippen MR) is 113 cm³/mol. The normalized spacial score (nSPS) is 14.7. The molecule has 1 aromatic rings. The molecule has 1 aromatic carbocycles. The van der Waals surface area contributed by atoms with Crippen molar-refractivity contribution in [1.29, 1.82) is 0 Å². The van der Waals surface area contributed by atoms with E-state index in [1.807, 2.05) is 17.0 Å². The van der Waals surface area contributed by atoms with Crippen LogP contribution in [-0.4, -0.2) is 61.7 Å². The number of alkyl carbamates (subject to hydrolysis) is 1. The van der Waals surface area contributed by atoms with Crippen molar-refractivity contribution in [3.05, 3.63) is 29.8 Å². The summed E-state index contributed by atoms with van der Waals surface area (Å²) in [6, 6.07) is 7.23. The third kappa shape index (κ3) is 7.57. The maximum absolute atomic E-state index is 12.7. The standard InChI is InChI=1S/C22H33N3O5/c1-22(2,3)30-21(28)23-12-9-19(26)24-15-16-10-13-25(14-11-16)20(27)17-7-5-6-8-18(17)29-4/h5-8,16H,9-15H2,1-4H3,(H,23,28)(H,24,26). The molecule has 3 amide bonds. The molecule has 30 heavy (non-hydrogen) atoms. The van der Waals surface area contributed by atoms with Gasteiger partial charge in [-0.25, -0.2) is 4.79 Å². The molecule has 0 bridgehead atoms. The van der Waals surface area contributed by atoms with Crippen LogP contribution in [0.5, 0.6) is 5.75 Å². The number of ether oxygens (including phenoxy) is 2. The van der Waals surface area contributed by atoms with E-state index in [-0.39, 0.29) is 24.8 Å². The molecule has 2 N–H and O–H groups in total. The molecule has 1 aliphatic rings. The predicted octanol–water partition coefficient (Wildman–Crippen LogP) is 2.58. The Morgan fingerprint density at radius 1 is 1.10 bits per heavy atom. The molecular formula is C22H33N3O5. The van der Waals surface area contributed by atoms with Gasteiger partial charge in [-0.15, -0.1) is 0 Å². The molecule has 1 fully saturated rings. The Balaban J connectivity index is 1.67. The number of benzene rings is 1. The van der Waals surface area contributed by atoms with Crippen LogP contribution in [0.3, 0.4) is 0 Å². The Morgan fingerprint density at radius 2 is 1.77 bits per heavy atom. The van der Waals surface area contributed by atoms with Crippen LogP contribution in [0, 0.1) is 5.92 Å². The molecule has 1 aliphatic heterocycles. The van der Waals surface area contributed by atoms with Crippen LogP contribution in [-0.2, 0) is 9.53 Å². The molecule has 0 saturated carbocycles. The summed E-state index contributed by atoms with van der Waals surface area (Å²) in [6.07, 6.45) is 1.33. The van der Waals surface area contributed by atoms with E-state index in [4.69, 9.17) is 9.47 Å². The molecule has 0 aliphatic carbocycles. The summed E-state index contributed by atoms with van der Waals surface area (Å²) in [6.45, 7) is 7.46. The van der Waals surface area contributed by atoms with Gasteiger partial charge in [-0.1, -0.05) is 12.1 Å². The van der Waals surface area contributed by atoms with Crippen molar-refractivity contribution in [2.24, 2.45) is 5.92 Å². The van der Waals surface area contributed by atoms with Crippen molar-refractivity contribution in [3.63, 3.8) is 0 Å². The summed E-state index contributed by atoms with van der Waals surface area (Å²) < 4.78 is 10.4. The number of amides is 3. The zero-order chi connectivity index (χ0) is 22.1. The number of nitrogens with zero attached hydrogens (tertiary/aromatic N) is 1. The number of methoxy groups -OCH3 is 1. The van der Waals surface area contributed by atoms with Crippen LogP contribution in [0.15, 0.2) is 24.3 Å². The fourth-order valence-electron chi connectivity index (χ4n) is 3.27. The molecule has 1 heterocycles. The third-order valence-electron chi connectivity index (χ3n) is 4.85. The Kier molecular flexibility index (Phi) is 8.50. The van der Waals surface area contributed by atoms with Crippen LogP contribution in [0.25, 0.3) is 0 Å². The number of para-hydroxylation sites is 1. The molecular weight excluding hydrogens is 386 g/mol. The Morgan fingerprint density at radius 3 is 2.40 bits per heavy atom. The fourth-order valence-corrected chi connectivity index (χ4v) is 3.27. The molecule has 0 unspecified atom stereocenters. The third-order valence-corrected chi connectivity index (χ3v) is 4.85. The summed E-state index contributed by atoms with van der Waals surface area (Å²) in [5.41, 5.74) is 0.0121. The van der Waals surface area contributed by atoms with E-state index in [0.717, 1.165) is 12.8 Å². The van der Waals surface area contributed by atoms with Crippen LogP contribution in [0.4, 0.5) is 4.79 Å². The molecule has 8 nitrogen and oxygen atoms in total. The Bertz CT molecular complexity index is 737. The van der Waals surface area contributed by atoms with Gasteiger partial charge < -0.3 is 25.0 Å². The van der Waals surface area contributed by atoms with Crippen LogP contribution in [0.2, 0.25) is 0 Å². The van der Waals surface area contributed by atoms with Gasteiger partial charge in [0.2, 0.25) is 5.91 Å². The number of carbonyl (C=O) groups is 3. The van der Waals surface area contributed by atoms with E-state index in [9.17, 15) is 14.4 Å². The molecule has 2 rings (SSSR count). The number of likely N-dealkylation sites (tertiary alicyclic amines) is 1. The zero-order valence-corrected chi connectivity index (χ0v) is 18.3. The maximum Gasteiger partial charge on any atom is 0.407 e. The lowest BCUT2D eigenvalue weighted by atomic mass is 9.96. The summed E-state index contributed by atoms with van der Waals surface area (Å²) >= 11 is 0. The van der Waals surface area contributed by atoms with Gasteiger partial charge in [-0.2, -0.15) is 0 Å². The highest BCUT2D eigenvalue weighted by molar-refractivity contribution is 5.97. The summed E-state index contributed by atoms with van der Waals surface area (Å²) in [7, 11) is 1.56. The molecule has 0 aromatic heterocycles. The van der Waals surface area contributed by atoms with E-state index in [1.54, 1.807) is 40.0 Å². The lowest BCUT2D eigenvalue weighted by Gasteiger charge is -2.32. The van der Waals surface area contributed by atoms with Crippen LogP contribution >= 0.6 is 0 Å². The first-order chi connectivity index (χ1) is 14.2. The number of piperidine rings is 1. The highest BCUT2D eigenvalue weighted by Gasteiger charge is 2.25. The summed E-state index contributed by atoms with van der Waals surface area (Å²) in [5.74, 6) is 0.771. The average molecular weight is 420 g/mol. The van der Waals surface area contributed by atoms with E-state index >= 15 is 0 Å². The number of hydrogen-bond acceptors (Lipinski definition) is 5. The van der Waals surface area contributed by atoms with Crippen LogP contribution in [0.1, 0.15) is 50.4 Å². The maximum atomic E-state index is 12.7. The van der Waals surface area contributed by atoms with Crippen molar-refractivity contribution in [3.8, 4) is 5.75 Å².